The van der Waals surface area contributed by atoms with Crippen LogP contribution in [0.25, 0.3) is 6.08 Å². The molecule has 0 radical (unpaired) electrons. The zero-order chi connectivity index (χ0) is 19.3. The number of nitriles is 1. The Balaban J connectivity index is 1.74. The molecule has 1 amide bonds. The van der Waals surface area contributed by atoms with Crippen molar-refractivity contribution in [1.29, 1.82) is 5.26 Å². The van der Waals surface area contributed by atoms with Crippen molar-refractivity contribution < 1.29 is 4.79 Å². The van der Waals surface area contributed by atoms with Gasteiger partial charge in [-0.15, -0.1) is 0 Å². The molecule has 3 aromatic rings. The van der Waals surface area contributed by atoms with Crippen LogP contribution in [0.2, 0.25) is 0 Å². The number of carbonyl (C=O) groups excluding carboxylic acids is 1. The average Bonchev–Trinajstić information content (AvgIpc) is 3.04. The van der Waals surface area contributed by atoms with Crippen molar-refractivity contribution in [2.45, 2.75) is 0 Å². The van der Waals surface area contributed by atoms with Crippen molar-refractivity contribution in [3.63, 3.8) is 0 Å². The summed E-state index contributed by atoms with van der Waals surface area (Å²) < 4.78 is 0. The zero-order valence-corrected chi connectivity index (χ0v) is 15.6. The van der Waals surface area contributed by atoms with Crippen LogP contribution in [0.1, 0.15) is 11.1 Å². The lowest BCUT2D eigenvalue weighted by atomic mass is 10.1. The van der Waals surface area contributed by atoms with Crippen LogP contribution in [0.4, 0.5) is 11.4 Å². The van der Waals surface area contributed by atoms with Crippen LogP contribution in [0.15, 0.2) is 94.8 Å². The molecule has 4 rings (SSSR count). The monoisotopic (exact) mass is 381 g/mol. The Morgan fingerprint density at radius 3 is 2.18 bits per heavy atom. The summed E-state index contributed by atoms with van der Waals surface area (Å²) in [4.78, 5) is 20.0. The number of anilines is 1. The van der Waals surface area contributed by atoms with Gasteiger partial charge < -0.3 is 0 Å². The highest BCUT2D eigenvalue weighted by atomic mass is 32.2. The van der Waals surface area contributed by atoms with Crippen molar-refractivity contribution in [1.82, 2.24) is 0 Å². The molecule has 0 spiro atoms. The summed E-state index contributed by atoms with van der Waals surface area (Å²) in [6.07, 6.45) is 1.83. The minimum atomic E-state index is -0.116. The SMILES string of the molecule is N#Cc1ccc(C=C2SC(=Nc3ccccc3)N(c3ccccc3)C2=O)cc1. The van der Waals surface area contributed by atoms with Gasteiger partial charge in [-0.25, -0.2) is 4.99 Å². The van der Waals surface area contributed by atoms with Gasteiger partial charge in [-0.05, 0) is 59.8 Å². The number of rotatable bonds is 3. The van der Waals surface area contributed by atoms with Crippen LogP contribution >= 0.6 is 11.8 Å². The van der Waals surface area contributed by atoms with Gasteiger partial charge in [-0.3, -0.25) is 9.69 Å². The molecule has 3 aromatic carbocycles. The second-order valence-corrected chi connectivity index (χ2v) is 7.06. The molecule has 0 aromatic heterocycles. The summed E-state index contributed by atoms with van der Waals surface area (Å²) in [6, 6.07) is 28.3. The van der Waals surface area contributed by atoms with Gasteiger partial charge in [-0.1, -0.05) is 48.5 Å². The van der Waals surface area contributed by atoms with Gasteiger partial charge in [0, 0.05) is 0 Å². The normalized spacial score (nSPS) is 16.5. The zero-order valence-electron chi connectivity index (χ0n) is 14.8. The van der Waals surface area contributed by atoms with Gasteiger partial charge in [0.2, 0.25) is 0 Å². The molecule has 1 heterocycles. The Morgan fingerprint density at radius 1 is 0.893 bits per heavy atom. The summed E-state index contributed by atoms with van der Waals surface area (Å²) in [5, 5.41) is 9.56. The number of hydrogen-bond donors (Lipinski definition) is 0. The van der Waals surface area contributed by atoms with Crippen molar-refractivity contribution in [3.05, 3.63) is 101 Å². The molecular weight excluding hydrogens is 366 g/mol. The van der Waals surface area contributed by atoms with Gasteiger partial charge in [0.1, 0.15) is 0 Å². The molecule has 28 heavy (non-hydrogen) atoms. The number of amidine groups is 1. The fourth-order valence-corrected chi connectivity index (χ4v) is 3.77. The van der Waals surface area contributed by atoms with Crippen LogP contribution in [-0.4, -0.2) is 11.1 Å². The largest absolute Gasteiger partial charge is 0.271 e. The maximum Gasteiger partial charge on any atom is 0.271 e. The van der Waals surface area contributed by atoms with Crippen molar-refractivity contribution >= 4 is 40.3 Å². The topological polar surface area (TPSA) is 56.5 Å². The molecule has 1 aliphatic rings. The Morgan fingerprint density at radius 2 is 1.54 bits per heavy atom. The number of nitrogens with zero attached hydrogens (tertiary/aromatic N) is 3. The van der Waals surface area contributed by atoms with E-state index in [1.54, 1.807) is 17.0 Å². The molecule has 0 unspecified atom stereocenters. The van der Waals surface area contributed by atoms with Crippen LogP contribution in [-0.2, 0) is 4.79 Å². The van der Waals surface area contributed by atoms with Crippen molar-refractivity contribution in [2.24, 2.45) is 4.99 Å². The van der Waals surface area contributed by atoms with Gasteiger partial charge >= 0.3 is 0 Å². The molecule has 0 atom stereocenters. The van der Waals surface area contributed by atoms with E-state index in [1.807, 2.05) is 78.9 Å². The van der Waals surface area contributed by atoms with Gasteiger partial charge in [-0.2, -0.15) is 5.26 Å². The summed E-state index contributed by atoms with van der Waals surface area (Å²) in [5.74, 6) is -0.116. The van der Waals surface area contributed by atoms with E-state index in [2.05, 4.69) is 11.1 Å². The highest BCUT2D eigenvalue weighted by Gasteiger charge is 2.34. The molecule has 0 N–H and O–H groups in total. The van der Waals surface area contributed by atoms with Crippen LogP contribution in [0, 0.1) is 11.3 Å². The smallest absolute Gasteiger partial charge is 0.268 e. The number of aliphatic imine (C=N–C) groups is 1. The van der Waals surface area contributed by atoms with Crippen molar-refractivity contribution in [3.8, 4) is 6.07 Å². The fourth-order valence-electron chi connectivity index (χ4n) is 2.77. The number of benzene rings is 3. The van der Waals surface area contributed by atoms with E-state index in [0.29, 0.717) is 15.6 Å². The van der Waals surface area contributed by atoms with E-state index in [9.17, 15) is 4.79 Å². The molecule has 5 heteroatoms. The summed E-state index contributed by atoms with van der Waals surface area (Å²) in [5.41, 5.74) is 3.02. The number of hydrogen-bond acceptors (Lipinski definition) is 4. The van der Waals surface area contributed by atoms with E-state index in [4.69, 9.17) is 5.26 Å². The third-order valence-corrected chi connectivity index (χ3v) is 5.11. The van der Waals surface area contributed by atoms with Crippen molar-refractivity contribution in [2.75, 3.05) is 4.90 Å². The van der Waals surface area contributed by atoms with E-state index >= 15 is 0 Å². The first-order chi connectivity index (χ1) is 13.7. The summed E-state index contributed by atoms with van der Waals surface area (Å²) >= 11 is 1.34. The molecular formula is C23H15N3OS. The second-order valence-electron chi connectivity index (χ2n) is 6.05. The molecule has 1 fully saturated rings. The van der Waals surface area contributed by atoms with E-state index in [0.717, 1.165) is 16.9 Å². The second kappa shape index (κ2) is 7.95. The highest BCUT2D eigenvalue weighted by Crippen LogP contribution is 2.37. The lowest BCUT2D eigenvalue weighted by Gasteiger charge is -2.15. The third kappa shape index (κ3) is 3.73. The Bertz CT molecular complexity index is 1100. The number of carbonyl (C=O) groups is 1. The lowest BCUT2D eigenvalue weighted by molar-refractivity contribution is -0.113. The molecule has 0 bridgehead atoms. The Labute approximate surface area is 167 Å². The van der Waals surface area contributed by atoms with E-state index < -0.39 is 0 Å². The maximum absolute atomic E-state index is 13.1. The molecule has 1 aliphatic heterocycles. The van der Waals surface area contributed by atoms with Crippen LogP contribution in [0.5, 0.6) is 0 Å². The molecule has 134 valence electrons. The Kier molecular flexibility index (Phi) is 5.05. The molecule has 0 saturated carbocycles. The average molecular weight is 381 g/mol. The molecule has 1 saturated heterocycles. The molecule has 0 aliphatic carbocycles. The predicted octanol–water partition coefficient (Wildman–Crippen LogP) is 5.37. The van der Waals surface area contributed by atoms with Crippen LogP contribution < -0.4 is 4.90 Å². The van der Waals surface area contributed by atoms with E-state index in [-0.39, 0.29) is 5.91 Å². The Hall–Kier alpha value is -3.62. The first-order valence-corrected chi connectivity index (χ1v) is 9.49. The lowest BCUT2D eigenvalue weighted by Crippen LogP contribution is -2.28. The fraction of sp³-hybridized carbons (Fsp3) is 0. The van der Waals surface area contributed by atoms with Gasteiger partial charge in [0.15, 0.2) is 5.17 Å². The first-order valence-electron chi connectivity index (χ1n) is 8.67. The minimum absolute atomic E-state index is 0.116. The standard InChI is InChI=1S/C23H15N3OS/c24-16-18-13-11-17(12-14-18)15-21-22(27)26(20-9-5-2-6-10-20)23(28-21)25-19-7-3-1-4-8-19/h1-15H. The minimum Gasteiger partial charge on any atom is -0.268 e. The van der Waals surface area contributed by atoms with Crippen LogP contribution in [0.3, 0.4) is 0 Å². The first kappa shape index (κ1) is 17.8. The highest BCUT2D eigenvalue weighted by molar-refractivity contribution is 8.19. The number of amides is 1. The summed E-state index contributed by atoms with van der Waals surface area (Å²) in [7, 11) is 0. The third-order valence-electron chi connectivity index (χ3n) is 4.14. The van der Waals surface area contributed by atoms with Gasteiger partial charge in [0.05, 0.1) is 27.9 Å². The number of thioether (sulfide) groups is 1. The van der Waals surface area contributed by atoms with Gasteiger partial charge in [0.25, 0.3) is 5.91 Å². The molecule has 4 nitrogen and oxygen atoms in total. The number of para-hydroxylation sites is 2. The summed E-state index contributed by atoms with van der Waals surface area (Å²) in [6.45, 7) is 0. The predicted molar refractivity (Wildman–Crippen MR) is 114 cm³/mol. The quantitative estimate of drug-likeness (QED) is 0.573. The van der Waals surface area contributed by atoms with E-state index in [1.165, 1.54) is 11.8 Å². The maximum atomic E-state index is 13.1.